The number of hydrogen-bond acceptors (Lipinski definition) is 3. The van der Waals surface area contributed by atoms with E-state index in [1.54, 1.807) is 0 Å². The maximum absolute atomic E-state index is 11.4. The van der Waals surface area contributed by atoms with Crippen LogP contribution in [0, 0.1) is 19.3 Å². The van der Waals surface area contributed by atoms with Gasteiger partial charge in [-0.1, -0.05) is 15.9 Å². The van der Waals surface area contributed by atoms with Gasteiger partial charge < -0.3 is 5.11 Å². The largest absolute Gasteiger partial charge is 0.481 e. The third kappa shape index (κ3) is 3.13. The lowest BCUT2D eigenvalue weighted by molar-refractivity contribution is -0.147. The van der Waals surface area contributed by atoms with Gasteiger partial charge in [0, 0.05) is 28.8 Å². The molecule has 1 N–H and O–H groups in total. The molecule has 128 valence electrons. The highest BCUT2D eigenvalue weighted by Gasteiger charge is 2.40. The van der Waals surface area contributed by atoms with Crippen molar-refractivity contribution in [2.24, 2.45) is 5.41 Å². The number of benzene rings is 1. The third-order valence-electron chi connectivity index (χ3n) is 4.96. The summed E-state index contributed by atoms with van der Waals surface area (Å²) < 4.78 is 3.00. The number of carboxylic acid groups (broad SMARTS) is 1. The first-order valence-corrected chi connectivity index (χ1v) is 8.86. The molecule has 2 aromatic rings. The summed E-state index contributed by atoms with van der Waals surface area (Å²) in [5.74, 6) is -0.705. The topological polar surface area (TPSA) is 58.4 Å². The van der Waals surface area contributed by atoms with Crippen molar-refractivity contribution < 1.29 is 9.90 Å². The fraction of sp³-hybridized carbons (Fsp3) is 0.444. The van der Waals surface area contributed by atoms with Gasteiger partial charge in [0.05, 0.1) is 16.8 Å². The van der Waals surface area contributed by atoms with Gasteiger partial charge in [-0.25, -0.2) is 4.68 Å². The Hall–Kier alpha value is -1.66. The molecule has 2 heterocycles. The van der Waals surface area contributed by atoms with Gasteiger partial charge >= 0.3 is 5.97 Å². The lowest BCUT2D eigenvalue weighted by Crippen LogP contribution is -2.31. The second-order valence-electron chi connectivity index (χ2n) is 6.86. The van der Waals surface area contributed by atoms with Crippen molar-refractivity contribution >= 4 is 21.9 Å². The van der Waals surface area contributed by atoms with E-state index in [4.69, 9.17) is 0 Å². The fourth-order valence-corrected chi connectivity index (χ4v) is 3.59. The van der Waals surface area contributed by atoms with Crippen LogP contribution in [0.3, 0.4) is 0 Å². The van der Waals surface area contributed by atoms with Crippen LogP contribution in [0.25, 0.3) is 5.69 Å². The molecule has 1 atom stereocenters. The van der Waals surface area contributed by atoms with Crippen LogP contribution in [0.4, 0.5) is 0 Å². The molecule has 1 fully saturated rings. The molecule has 1 aliphatic heterocycles. The molecule has 1 aromatic heterocycles. The van der Waals surface area contributed by atoms with Gasteiger partial charge in [-0.3, -0.25) is 9.69 Å². The monoisotopic (exact) mass is 391 g/mol. The Kier molecular flexibility index (Phi) is 4.53. The van der Waals surface area contributed by atoms with Crippen LogP contribution in [-0.4, -0.2) is 38.8 Å². The van der Waals surface area contributed by atoms with Crippen molar-refractivity contribution in [3.8, 4) is 5.69 Å². The Morgan fingerprint density at radius 1 is 1.33 bits per heavy atom. The van der Waals surface area contributed by atoms with Crippen LogP contribution in [0.5, 0.6) is 0 Å². The average molecular weight is 392 g/mol. The number of rotatable bonds is 4. The molecule has 6 heteroatoms. The van der Waals surface area contributed by atoms with Crippen molar-refractivity contribution in [3.05, 3.63) is 45.7 Å². The normalized spacial score (nSPS) is 21.3. The van der Waals surface area contributed by atoms with E-state index in [2.05, 4.69) is 32.9 Å². The molecular weight excluding hydrogens is 370 g/mol. The molecule has 0 saturated carbocycles. The predicted octanol–water partition coefficient (Wildman–Crippen LogP) is 3.55. The van der Waals surface area contributed by atoms with Gasteiger partial charge in [-0.15, -0.1) is 0 Å². The van der Waals surface area contributed by atoms with Crippen LogP contribution >= 0.6 is 15.9 Å². The number of likely N-dealkylation sites (tertiary alicyclic amines) is 1. The zero-order chi connectivity index (χ0) is 17.5. The number of aromatic nitrogens is 2. The second kappa shape index (κ2) is 6.33. The molecule has 5 nitrogen and oxygen atoms in total. The van der Waals surface area contributed by atoms with E-state index in [-0.39, 0.29) is 0 Å². The average Bonchev–Trinajstić information content (AvgIpc) is 3.05. The molecular formula is C18H22BrN3O2. The SMILES string of the molecule is Cc1nn(-c2ccc(Br)cc2)c(C)c1CN1CCC(C)(C(=O)O)C1. The second-order valence-corrected chi connectivity index (χ2v) is 7.78. The van der Waals surface area contributed by atoms with E-state index in [1.165, 1.54) is 5.56 Å². The smallest absolute Gasteiger partial charge is 0.310 e. The first kappa shape index (κ1) is 17.2. The number of aliphatic carboxylic acids is 1. The van der Waals surface area contributed by atoms with E-state index >= 15 is 0 Å². The Labute approximate surface area is 150 Å². The van der Waals surface area contributed by atoms with Crippen LogP contribution in [0.15, 0.2) is 28.7 Å². The lowest BCUT2D eigenvalue weighted by atomic mass is 9.90. The third-order valence-corrected chi connectivity index (χ3v) is 5.49. The number of nitrogens with zero attached hydrogens (tertiary/aromatic N) is 3. The quantitative estimate of drug-likeness (QED) is 0.865. The lowest BCUT2D eigenvalue weighted by Gasteiger charge is -2.20. The van der Waals surface area contributed by atoms with Crippen LogP contribution in [-0.2, 0) is 11.3 Å². The molecule has 1 unspecified atom stereocenters. The van der Waals surface area contributed by atoms with Crippen molar-refractivity contribution in [3.63, 3.8) is 0 Å². The first-order chi connectivity index (χ1) is 11.3. The van der Waals surface area contributed by atoms with E-state index in [0.29, 0.717) is 13.0 Å². The number of hydrogen-bond donors (Lipinski definition) is 1. The molecule has 0 amide bonds. The van der Waals surface area contributed by atoms with Crippen LogP contribution in [0.1, 0.15) is 30.3 Å². The fourth-order valence-electron chi connectivity index (χ4n) is 3.33. The molecule has 0 bridgehead atoms. The predicted molar refractivity (Wildman–Crippen MR) is 96.4 cm³/mol. The highest BCUT2D eigenvalue weighted by molar-refractivity contribution is 9.10. The zero-order valence-electron chi connectivity index (χ0n) is 14.2. The molecule has 1 saturated heterocycles. The van der Waals surface area contributed by atoms with E-state index in [9.17, 15) is 9.90 Å². The van der Waals surface area contributed by atoms with Crippen LogP contribution in [0.2, 0.25) is 0 Å². The van der Waals surface area contributed by atoms with Crippen molar-refractivity contribution in [2.45, 2.75) is 33.7 Å². The van der Waals surface area contributed by atoms with Gasteiger partial charge in [-0.2, -0.15) is 5.10 Å². The van der Waals surface area contributed by atoms with Crippen molar-refractivity contribution in [2.75, 3.05) is 13.1 Å². The number of halogens is 1. The summed E-state index contributed by atoms with van der Waals surface area (Å²) in [6.45, 7) is 8.07. The van der Waals surface area contributed by atoms with Crippen LogP contribution < -0.4 is 0 Å². The van der Waals surface area contributed by atoms with E-state index in [0.717, 1.165) is 34.6 Å². The Morgan fingerprint density at radius 2 is 2.00 bits per heavy atom. The van der Waals surface area contributed by atoms with Gasteiger partial charge in [-0.05, 0) is 58.0 Å². The number of carbonyl (C=O) groups is 1. The molecule has 0 aliphatic carbocycles. The summed E-state index contributed by atoms with van der Waals surface area (Å²) >= 11 is 3.45. The zero-order valence-corrected chi connectivity index (χ0v) is 15.8. The van der Waals surface area contributed by atoms with Crippen molar-refractivity contribution in [1.29, 1.82) is 0 Å². The summed E-state index contributed by atoms with van der Waals surface area (Å²) in [7, 11) is 0. The molecule has 3 rings (SSSR count). The van der Waals surface area contributed by atoms with Gasteiger partial charge in [0.2, 0.25) is 0 Å². The number of carboxylic acids is 1. The minimum Gasteiger partial charge on any atom is -0.481 e. The standard InChI is InChI=1S/C18H22BrN3O2/c1-12-16(10-21-9-8-18(3,11-21)17(23)24)13(2)22(20-12)15-6-4-14(19)5-7-15/h4-7H,8-11H2,1-3H3,(H,23,24). The van der Waals surface area contributed by atoms with E-state index < -0.39 is 11.4 Å². The molecule has 24 heavy (non-hydrogen) atoms. The molecule has 0 spiro atoms. The number of aryl methyl sites for hydroxylation is 1. The van der Waals surface area contributed by atoms with Gasteiger partial charge in [0.1, 0.15) is 0 Å². The highest BCUT2D eigenvalue weighted by Crippen LogP contribution is 2.32. The molecule has 1 aliphatic rings. The minimum atomic E-state index is -0.705. The summed E-state index contributed by atoms with van der Waals surface area (Å²) in [5, 5.41) is 14.1. The minimum absolute atomic E-state index is 0.588. The highest BCUT2D eigenvalue weighted by atomic mass is 79.9. The maximum atomic E-state index is 11.4. The van der Waals surface area contributed by atoms with Crippen molar-refractivity contribution in [1.82, 2.24) is 14.7 Å². The Bertz CT molecular complexity index is 769. The summed E-state index contributed by atoms with van der Waals surface area (Å²) in [4.78, 5) is 13.6. The maximum Gasteiger partial charge on any atom is 0.310 e. The summed E-state index contributed by atoms with van der Waals surface area (Å²) in [5.41, 5.74) is 3.69. The molecule has 0 radical (unpaired) electrons. The Morgan fingerprint density at radius 3 is 2.58 bits per heavy atom. The van der Waals surface area contributed by atoms with Gasteiger partial charge in [0.25, 0.3) is 0 Å². The Balaban J connectivity index is 1.83. The first-order valence-electron chi connectivity index (χ1n) is 8.07. The summed E-state index contributed by atoms with van der Waals surface area (Å²) in [6.07, 6.45) is 0.696. The molecule has 1 aromatic carbocycles. The van der Waals surface area contributed by atoms with Gasteiger partial charge in [0.15, 0.2) is 0 Å². The summed E-state index contributed by atoms with van der Waals surface area (Å²) in [6, 6.07) is 8.07. The van der Waals surface area contributed by atoms with E-state index in [1.807, 2.05) is 42.8 Å².